The number of aromatic amines is 1. The lowest BCUT2D eigenvalue weighted by Crippen LogP contribution is -2.58. The summed E-state index contributed by atoms with van der Waals surface area (Å²) in [6.07, 6.45) is 0.424. The number of halogens is 1. The molecule has 50 heavy (non-hydrogen) atoms. The van der Waals surface area contributed by atoms with Crippen LogP contribution >= 0.6 is 18.9 Å². The quantitative estimate of drug-likeness (QED) is 0.134. The van der Waals surface area contributed by atoms with Gasteiger partial charge in [0.25, 0.3) is 5.56 Å². The standard InChI is InChI=1S/C39H41ClN5O4P/c1-30-26-45(38(47)41-37(30)46)36-28-43(27-35(49-36)29-48-50(40)44-24-22-42(23-25-44)34-20-12-5-13-21-34)39(31-14-6-2-7-15-31,32-16-8-3-9-17-32)33-18-10-4-11-19-33/h2-21,26,35-36H,22-25,27-29H2,1H3,(H,41,46,47). The van der Waals surface area contributed by atoms with Crippen LogP contribution in [0.5, 0.6) is 0 Å². The van der Waals surface area contributed by atoms with Gasteiger partial charge in [0.05, 0.1) is 18.2 Å². The number of anilines is 1. The summed E-state index contributed by atoms with van der Waals surface area (Å²) in [6.45, 7) is 6.06. The van der Waals surface area contributed by atoms with Crippen molar-refractivity contribution >= 4 is 24.6 Å². The topological polar surface area (TPSA) is 83.0 Å². The molecule has 2 saturated heterocycles. The van der Waals surface area contributed by atoms with E-state index in [9.17, 15) is 9.59 Å². The van der Waals surface area contributed by atoms with Crippen molar-refractivity contribution < 1.29 is 9.26 Å². The normalized spacial score (nSPS) is 19.7. The van der Waals surface area contributed by atoms with Crippen molar-refractivity contribution in [3.8, 4) is 0 Å². The number of aromatic nitrogens is 2. The first-order valence-corrected chi connectivity index (χ1v) is 19.1. The van der Waals surface area contributed by atoms with E-state index in [1.165, 1.54) is 10.3 Å². The summed E-state index contributed by atoms with van der Waals surface area (Å²) in [5.74, 6) is 0. The first kappa shape index (κ1) is 34.4. The Balaban J connectivity index is 1.22. The van der Waals surface area contributed by atoms with Crippen LogP contribution in [-0.2, 0) is 14.8 Å². The molecular formula is C39H41ClN5O4P. The average Bonchev–Trinajstić information content (AvgIpc) is 3.17. The van der Waals surface area contributed by atoms with Crippen LogP contribution in [-0.4, -0.2) is 71.1 Å². The van der Waals surface area contributed by atoms with Crippen LogP contribution in [0, 0.1) is 6.92 Å². The molecule has 0 radical (unpaired) electrons. The van der Waals surface area contributed by atoms with Crippen LogP contribution in [0.1, 0.15) is 28.5 Å². The number of piperazine rings is 1. The first-order valence-electron chi connectivity index (χ1n) is 17.0. The molecule has 2 aliphatic rings. The van der Waals surface area contributed by atoms with Gasteiger partial charge in [-0.2, -0.15) is 0 Å². The summed E-state index contributed by atoms with van der Waals surface area (Å²) in [4.78, 5) is 32.9. The number of H-pyrrole nitrogens is 1. The fourth-order valence-corrected chi connectivity index (χ4v) is 8.77. The van der Waals surface area contributed by atoms with Gasteiger partial charge in [-0.3, -0.25) is 19.2 Å². The highest BCUT2D eigenvalue weighted by Crippen LogP contribution is 2.48. The van der Waals surface area contributed by atoms with Crippen molar-refractivity contribution in [2.45, 2.75) is 24.8 Å². The molecule has 0 spiro atoms. The Bertz CT molecular complexity index is 1860. The number of rotatable bonds is 10. The largest absolute Gasteiger partial charge is 0.369 e. The molecule has 0 amide bonds. The van der Waals surface area contributed by atoms with Crippen molar-refractivity contribution in [2.24, 2.45) is 0 Å². The van der Waals surface area contributed by atoms with Crippen LogP contribution in [0.25, 0.3) is 0 Å². The van der Waals surface area contributed by atoms with Crippen molar-refractivity contribution in [3.63, 3.8) is 0 Å². The van der Waals surface area contributed by atoms with Gasteiger partial charge in [-0.1, -0.05) is 109 Å². The van der Waals surface area contributed by atoms with Crippen molar-refractivity contribution in [2.75, 3.05) is 50.8 Å². The number of para-hydroxylation sites is 1. The minimum Gasteiger partial charge on any atom is -0.369 e. The third-order valence-corrected chi connectivity index (χ3v) is 11.8. The average molecular weight is 710 g/mol. The molecule has 2 aliphatic heterocycles. The van der Waals surface area contributed by atoms with Crippen molar-refractivity contribution in [3.05, 3.63) is 171 Å². The SMILES string of the molecule is Cc1cn(C2CN(C(c3ccccc3)(c3ccccc3)c3ccccc3)CC(COP(Cl)N3CCN(c4ccccc4)CC3)O2)c(=O)[nH]c1=O. The van der Waals surface area contributed by atoms with Gasteiger partial charge >= 0.3 is 5.69 Å². The molecule has 0 saturated carbocycles. The fraction of sp³-hybridized carbons (Fsp3) is 0.282. The Kier molecular flexibility index (Phi) is 10.6. The molecule has 9 nitrogen and oxygen atoms in total. The Labute approximate surface area is 298 Å². The molecule has 1 N–H and O–H groups in total. The molecule has 11 heteroatoms. The maximum atomic E-state index is 13.3. The van der Waals surface area contributed by atoms with Gasteiger partial charge in [0.15, 0.2) is 6.23 Å². The zero-order valence-corrected chi connectivity index (χ0v) is 29.6. The van der Waals surface area contributed by atoms with Crippen LogP contribution < -0.4 is 16.1 Å². The predicted molar refractivity (Wildman–Crippen MR) is 200 cm³/mol. The zero-order valence-electron chi connectivity index (χ0n) is 28.0. The summed E-state index contributed by atoms with van der Waals surface area (Å²) >= 11 is 6.99. The van der Waals surface area contributed by atoms with E-state index >= 15 is 0 Å². The van der Waals surface area contributed by atoms with Crippen LogP contribution in [0.15, 0.2) is 137 Å². The van der Waals surface area contributed by atoms with Gasteiger partial charge < -0.3 is 14.2 Å². The highest BCUT2D eigenvalue weighted by atomic mass is 35.7. The van der Waals surface area contributed by atoms with E-state index in [1.54, 1.807) is 13.1 Å². The molecule has 7 rings (SSSR count). The summed E-state index contributed by atoms with van der Waals surface area (Å²) in [5.41, 5.74) is 3.21. The Morgan fingerprint density at radius 3 is 1.84 bits per heavy atom. The molecule has 5 aromatic rings. The van der Waals surface area contributed by atoms with Crippen molar-refractivity contribution in [1.82, 2.24) is 19.1 Å². The lowest BCUT2D eigenvalue weighted by atomic mass is 9.75. The number of hydrogen-bond acceptors (Lipinski definition) is 7. The number of ether oxygens (including phenoxy) is 1. The van der Waals surface area contributed by atoms with Gasteiger partial charge in [0.1, 0.15) is 0 Å². The molecule has 3 unspecified atom stereocenters. The van der Waals surface area contributed by atoms with Gasteiger partial charge in [-0.15, -0.1) is 0 Å². The van der Waals surface area contributed by atoms with Gasteiger partial charge in [-0.05, 0) is 47.0 Å². The van der Waals surface area contributed by atoms with E-state index in [1.807, 2.05) is 24.3 Å². The van der Waals surface area contributed by atoms with Crippen LogP contribution in [0.2, 0.25) is 0 Å². The summed E-state index contributed by atoms with van der Waals surface area (Å²) < 4.78 is 16.8. The lowest BCUT2D eigenvalue weighted by Gasteiger charge is -2.50. The molecule has 0 bridgehead atoms. The molecule has 0 aliphatic carbocycles. The van der Waals surface area contributed by atoms with Crippen LogP contribution in [0.3, 0.4) is 0 Å². The minimum absolute atomic E-state index is 0.229. The van der Waals surface area contributed by atoms with Gasteiger partial charge in [-0.25, -0.2) is 9.46 Å². The van der Waals surface area contributed by atoms with E-state index in [0.717, 1.165) is 42.9 Å². The lowest BCUT2D eigenvalue weighted by molar-refractivity contribution is -0.147. The second-order valence-electron chi connectivity index (χ2n) is 12.7. The number of nitrogens with one attached hydrogen (secondary N) is 1. The molecular weight excluding hydrogens is 669 g/mol. The number of benzene rings is 4. The third-order valence-electron chi connectivity index (χ3n) is 9.62. The van der Waals surface area contributed by atoms with E-state index in [2.05, 4.69) is 117 Å². The maximum Gasteiger partial charge on any atom is 0.330 e. The number of aryl methyl sites for hydroxylation is 1. The van der Waals surface area contributed by atoms with Gasteiger partial charge in [0, 0.05) is 56.7 Å². The smallest absolute Gasteiger partial charge is 0.330 e. The van der Waals surface area contributed by atoms with E-state index < -0.39 is 36.8 Å². The summed E-state index contributed by atoms with van der Waals surface area (Å²) in [7, 11) is -1.41. The highest BCUT2D eigenvalue weighted by molar-refractivity contribution is 7.78. The Morgan fingerprint density at radius 2 is 1.30 bits per heavy atom. The molecule has 2 fully saturated rings. The first-order chi connectivity index (χ1) is 24.4. The number of morpholine rings is 1. The zero-order chi connectivity index (χ0) is 34.5. The molecule has 3 atom stereocenters. The molecule has 1 aromatic heterocycles. The van der Waals surface area contributed by atoms with E-state index in [4.69, 9.17) is 20.5 Å². The Hall–Kier alpha value is -4.08. The molecule has 258 valence electrons. The minimum atomic E-state index is -1.41. The van der Waals surface area contributed by atoms with Crippen LogP contribution in [0.4, 0.5) is 5.69 Å². The Morgan fingerprint density at radius 1 is 0.780 bits per heavy atom. The van der Waals surface area contributed by atoms with E-state index in [-0.39, 0.29) is 6.61 Å². The molecule has 4 aromatic carbocycles. The third kappa shape index (κ3) is 7.08. The van der Waals surface area contributed by atoms with Gasteiger partial charge in [0.2, 0.25) is 7.65 Å². The summed E-state index contributed by atoms with van der Waals surface area (Å²) in [6, 6.07) is 41.7. The summed E-state index contributed by atoms with van der Waals surface area (Å²) in [5, 5.41) is 0. The molecule has 3 heterocycles. The van der Waals surface area contributed by atoms with E-state index in [0.29, 0.717) is 18.7 Å². The second-order valence-corrected chi connectivity index (χ2v) is 14.8. The maximum absolute atomic E-state index is 13.3. The second kappa shape index (κ2) is 15.4. The monoisotopic (exact) mass is 709 g/mol. The fourth-order valence-electron chi connectivity index (χ4n) is 7.20. The number of nitrogens with zero attached hydrogens (tertiary/aromatic N) is 4. The number of hydrogen-bond donors (Lipinski definition) is 1. The highest BCUT2D eigenvalue weighted by Gasteiger charge is 2.46. The van der Waals surface area contributed by atoms with Crippen molar-refractivity contribution in [1.29, 1.82) is 0 Å². The predicted octanol–water partition coefficient (Wildman–Crippen LogP) is 6.34.